The molecule has 0 radical (unpaired) electrons. The van der Waals surface area contributed by atoms with Gasteiger partial charge in [0, 0.05) is 17.3 Å². The Bertz CT molecular complexity index is 1220. The summed E-state index contributed by atoms with van der Waals surface area (Å²) in [7, 11) is 1.54. The van der Waals surface area contributed by atoms with E-state index in [4.69, 9.17) is 13.6 Å². The first-order valence-electron chi connectivity index (χ1n) is 8.32. The highest BCUT2D eigenvalue weighted by atomic mass is 79.9. The largest absolute Gasteiger partial charge is 0.497 e. The minimum absolute atomic E-state index is 0.157. The Balaban J connectivity index is 1.60. The highest BCUT2D eigenvalue weighted by Crippen LogP contribution is 2.26. The lowest BCUT2D eigenvalue weighted by atomic mass is 10.1. The Morgan fingerprint density at radius 1 is 1.00 bits per heavy atom. The summed E-state index contributed by atoms with van der Waals surface area (Å²) in [6.45, 7) is 0. The van der Waals surface area contributed by atoms with Gasteiger partial charge in [-0.3, -0.25) is 9.59 Å². The molecule has 4 rings (SSSR count). The molecule has 4 aromatic rings. The van der Waals surface area contributed by atoms with E-state index in [0.717, 1.165) is 0 Å². The quantitative estimate of drug-likeness (QED) is 0.479. The van der Waals surface area contributed by atoms with Gasteiger partial charge in [-0.2, -0.15) is 0 Å². The average Bonchev–Trinajstić information content (AvgIpc) is 3.15. The third kappa shape index (κ3) is 3.57. The number of rotatable bonds is 4. The van der Waals surface area contributed by atoms with Gasteiger partial charge in [-0.15, -0.1) is 0 Å². The predicted octanol–water partition coefficient (Wildman–Crippen LogP) is 5.08. The van der Waals surface area contributed by atoms with Crippen LogP contribution in [0.15, 0.2) is 79.0 Å². The summed E-state index contributed by atoms with van der Waals surface area (Å²) in [5.74, 6) is 0.878. The zero-order chi connectivity index (χ0) is 19.7. The van der Waals surface area contributed by atoms with Gasteiger partial charge in [0.1, 0.15) is 17.1 Å². The molecule has 2 heterocycles. The van der Waals surface area contributed by atoms with Crippen molar-refractivity contribution in [2.75, 3.05) is 12.4 Å². The van der Waals surface area contributed by atoms with Gasteiger partial charge in [0.05, 0.1) is 12.5 Å². The molecule has 0 unspecified atom stereocenters. The average molecular weight is 440 g/mol. The second-order valence-electron chi connectivity index (χ2n) is 5.97. The van der Waals surface area contributed by atoms with Crippen molar-refractivity contribution in [2.24, 2.45) is 0 Å². The number of nitrogens with one attached hydrogen (secondary N) is 1. The van der Waals surface area contributed by atoms with E-state index in [0.29, 0.717) is 38.4 Å². The van der Waals surface area contributed by atoms with Crippen molar-refractivity contribution in [1.82, 2.24) is 0 Å². The van der Waals surface area contributed by atoms with Crippen LogP contribution in [0, 0.1) is 0 Å². The fourth-order valence-corrected chi connectivity index (χ4v) is 3.06. The van der Waals surface area contributed by atoms with Crippen LogP contribution < -0.4 is 15.5 Å². The number of amides is 1. The first-order valence-corrected chi connectivity index (χ1v) is 9.12. The third-order valence-electron chi connectivity index (χ3n) is 4.16. The predicted molar refractivity (Wildman–Crippen MR) is 109 cm³/mol. The van der Waals surface area contributed by atoms with Crippen LogP contribution in [0.4, 0.5) is 5.69 Å². The molecule has 2 aromatic carbocycles. The van der Waals surface area contributed by atoms with Crippen LogP contribution in [-0.4, -0.2) is 13.0 Å². The highest BCUT2D eigenvalue weighted by Gasteiger charge is 2.12. The van der Waals surface area contributed by atoms with Crippen LogP contribution in [0.3, 0.4) is 0 Å². The van der Waals surface area contributed by atoms with Crippen LogP contribution in [0.1, 0.15) is 10.6 Å². The number of furan rings is 1. The standard InChI is InChI=1S/C21H14BrNO5/c1-26-14-6-7-17-15(10-14)16(24)11-19(27-17)12-2-4-13(5-3-12)23-21(25)18-8-9-20(22)28-18/h2-11H,1H3,(H,23,25). The maximum absolute atomic E-state index is 12.4. The van der Waals surface area contributed by atoms with Gasteiger partial charge in [0.25, 0.3) is 5.91 Å². The lowest BCUT2D eigenvalue weighted by molar-refractivity contribution is 0.0995. The fourth-order valence-electron chi connectivity index (χ4n) is 2.75. The van der Waals surface area contributed by atoms with Gasteiger partial charge in [-0.05, 0) is 70.5 Å². The SMILES string of the molecule is COc1ccc2oc(-c3ccc(NC(=O)c4ccc(Br)o4)cc3)cc(=O)c2c1. The monoisotopic (exact) mass is 439 g/mol. The fraction of sp³-hybridized carbons (Fsp3) is 0.0476. The molecule has 0 atom stereocenters. The maximum Gasteiger partial charge on any atom is 0.291 e. The molecule has 1 N–H and O–H groups in total. The number of fused-ring (bicyclic) bond motifs is 1. The number of carbonyl (C=O) groups is 1. The molecule has 0 aliphatic carbocycles. The van der Waals surface area contributed by atoms with E-state index in [2.05, 4.69) is 21.2 Å². The van der Waals surface area contributed by atoms with Crippen LogP contribution in [0.5, 0.6) is 5.75 Å². The normalized spacial score (nSPS) is 10.8. The number of ether oxygens (including phenoxy) is 1. The van der Waals surface area contributed by atoms with Gasteiger partial charge < -0.3 is 18.9 Å². The van der Waals surface area contributed by atoms with Crippen molar-refractivity contribution in [3.05, 3.63) is 81.3 Å². The maximum atomic E-state index is 12.4. The van der Waals surface area contributed by atoms with Gasteiger partial charge in [0.2, 0.25) is 0 Å². The van der Waals surface area contributed by atoms with Gasteiger partial charge in [-0.25, -0.2) is 0 Å². The number of anilines is 1. The summed E-state index contributed by atoms with van der Waals surface area (Å²) < 4.78 is 16.7. The molecule has 0 aliphatic heterocycles. The summed E-state index contributed by atoms with van der Waals surface area (Å²) in [6, 6.07) is 16.7. The van der Waals surface area contributed by atoms with Crippen LogP contribution >= 0.6 is 15.9 Å². The first kappa shape index (κ1) is 18.1. The zero-order valence-corrected chi connectivity index (χ0v) is 16.3. The minimum Gasteiger partial charge on any atom is -0.497 e. The molecular formula is C21H14BrNO5. The zero-order valence-electron chi connectivity index (χ0n) is 14.7. The van der Waals surface area contributed by atoms with E-state index in [1.807, 2.05) is 0 Å². The smallest absolute Gasteiger partial charge is 0.291 e. The Hall–Kier alpha value is -3.32. The Morgan fingerprint density at radius 2 is 1.79 bits per heavy atom. The molecule has 140 valence electrons. The molecule has 0 saturated carbocycles. The molecule has 0 saturated heterocycles. The molecule has 0 spiro atoms. The molecule has 0 aliphatic rings. The van der Waals surface area contributed by atoms with Crippen LogP contribution in [0.25, 0.3) is 22.3 Å². The lowest BCUT2D eigenvalue weighted by Gasteiger charge is -2.07. The molecule has 0 bridgehead atoms. The van der Waals surface area contributed by atoms with E-state index in [9.17, 15) is 9.59 Å². The van der Waals surface area contributed by atoms with Crippen LogP contribution in [-0.2, 0) is 0 Å². The molecule has 0 fully saturated rings. The number of methoxy groups -OCH3 is 1. The third-order valence-corrected chi connectivity index (χ3v) is 4.58. The van der Waals surface area contributed by atoms with Gasteiger partial charge in [-0.1, -0.05) is 0 Å². The lowest BCUT2D eigenvalue weighted by Crippen LogP contribution is -2.10. The van der Waals surface area contributed by atoms with Crippen molar-refractivity contribution in [3.63, 3.8) is 0 Å². The van der Waals surface area contributed by atoms with Gasteiger partial charge in [0.15, 0.2) is 15.9 Å². The number of benzene rings is 2. The van der Waals surface area contributed by atoms with E-state index in [1.54, 1.807) is 61.7 Å². The van der Waals surface area contributed by atoms with Crippen molar-refractivity contribution in [1.29, 1.82) is 0 Å². The number of hydrogen-bond acceptors (Lipinski definition) is 5. The summed E-state index contributed by atoms with van der Waals surface area (Å²) >= 11 is 3.16. The number of hydrogen-bond donors (Lipinski definition) is 1. The molecule has 28 heavy (non-hydrogen) atoms. The number of carbonyl (C=O) groups excluding carboxylic acids is 1. The van der Waals surface area contributed by atoms with Crippen molar-refractivity contribution in [3.8, 4) is 17.1 Å². The summed E-state index contributed by atoms with van der Waals surface area (Å²) in [6.07, 6.45) is 0. The van der Waals surface area contributed by atoms with E-state index >= 15 is 0 Å². The van der Waals surface area contributed by atoms with Crippen molar-refractivity contribution in [2.45, 2.75) is 0 Å². The molecule has 6 nitrogen and oxygen atoms in total. The van der Waals surface area contributed by atoms with Crippen LogP contribution in [0.2, 0.25) is 0 Å². The molecule has 7 heteroatoms. The highest BCUT2D eigenvalue weighted by molar-refractivity contribution is 9.10. The van der Waals surface area contributed by atoms with E-state index in [1.165, 1.54) is 6.07 Å². The molecular weight excluding hydrogens is 426 g/mol. The second-order valence-corrected chi connectivity index (χ2v) is 6.75. The van der Waals surface area contributed by atoms with E-state index < -0.39 is 0 Å². The van der Waals surface area contributed by atoms with E-state index in [-0.39, 0.29) is 17.1 Å². The Kier molecular flexibility index (Phi) is 4.75. The summed E-state index contributed by atoms with van der Waals surface area (Å²) in [5.41, 5.74) is 1.63. The van der Waals surface area contributed by atoms with Crippen molar-refractivity contribution < 1.29 is 18.4 Å². The number of halogens is 1. The minimum atomic E-state index is -0.357. The second kappa shape index (κ2) is 7.36. The summed E-state index contributed by atoms with van der Waals surface area (Å²) in [4.78, 5) is 24.6. The Labute approximate surface area is 167 Å². The van der Waals surface area contributed by atoms with Gasteiger partial charge >= 0.3 is 0 Å². The van der Waals surface area contributed by atoms with Crippen molar-refractivity contribution >= 4 is 38.5 Å². The molecule has 2 aromatic heterocycles. The molecule has 1 amide bonds. The Morgan fingerprint density at radius 3 is 2.46 bits per heavy atom. The topological polar surface area (TPSA) is 81.7 Å². The first-order chi connectivity index (χ1) is 13.5. The summed E-state index contributed by atoms with van der Waals surface area (Å²) in [5, 5.41) is 3.20.